The fraction of sp³-hybridized carbons (Fsp3) is 0.600. The number of hydrogen-bond acceptors (Lipinski definition) is 5. The van der Waals surface area contributed by atoms with E-state index in [1.807, 2.05) is 19.1 Å². The predicted octanol–water partition coefficient (Wildman–Crippen LogP) is 3.65. The summed E-state index contributed by atoms with van der Waals surface area (Å²) in [7, 11) is 1.44. The average molecular weight is 375 g/mol. The summed E-state index contributed by atoms with van der Waals surface area (Å²) in [6.45, 7) is 4.81. The molecule has 0 aromatic carbocycles. The van der Waals surface area contributed by atoms with Crippen molar-refractivity contribution in [3.63, 3.8) is 0 Å². The highest BCUT2D eigenvalue weighted by Gasteiger charge is 2.32. The van der Waals surface area contributed by atoms with Crippen LogP contribution in [0.25, 0.3) is 0 Å². The van der Waals surface area contributed by atoms with Crippen molar-refractivity contribution in [2.45, 2.75) is 43.7 Å². The summed E-state index contributed by atoms with van der Waals surface area (Å²) < 4.78 is 5.90. The molecule has 1 unspecified atom stereocenters. The molecule has 118 valence electrons. The third kappa shape index (κ3) is 6.36. The summed E-state index contributed by atoms with van der Waals surface area (Å²) in [6.07, 6.45) is 4.46. The second-order valence-electron chi connectivity index (χ2n) is 5.02. The number of nitrogens with one attached hydrogen (secondary N) is 1. The van der Waals surface area contributed by atoms with Crippen LogP contribution in [0.4, 0.5) is 0 Å². The molecule has 0 saturated carbocycles. The number of esters is 1. The summed E-state index contributed by atoms with van der Waals surface area (Å²) in [4.78, 5) is 16.3. The Morgan fingerprint density at radius 1 is 1.52 bits per heavy atom. The van der Waals surface area contributed by atoms with Crippen LogP contribution in [0.5, 0.6) is 0 Å². The predicted molar refractivity (Wildman–Crippen MR) is 90.6 cm³/mol. The third-order valence-corrected chi connectivity index (χ3v) is 4.67. The van der Waals surface area contributed by atoms with E-state index in [2.05, 4.69) is 33.2 Å². The van der Waals surface area contributed by atoms with E-state index in [9.17, 15) is 4.79 Å². The Morgan fingerprint density at radius 3 is 2.86 bits per heavy atom. The van der Waals surface area contributed by atoms with E-state index in [0.717, 1.165) is 41.1 Å². The molecule has 0 radical (unpaired) electrons. The molecule has 0 aliphatic heterocycles. The van der Waals surface area contributed by atoms with Gasteiger partial charge in [-0.05, 0) is 66.5 Å². The van der Waals surface area contributed by atoms with E-state index in [0.29, 0.717) is 0 Å². The third-order valence-electron chi connectivity index (χ3n) is 3.17. The molecule has 4 nitrogen and oxygen atoms in total. The fourth-order valence-corrected chi connectivity index (χ4v) is 2.96. The lowest BCUT2D eigenvalue weighted by Crippen LogP contribution is -2.50. The van der Waals surface area contributed by atoms with Gasteiger partial charge in [-0.2, -0.15) is 0 Å². The van der Waals surface area contributed by atoms with Gasteiger partial charge in [0.25, 0.3) is 0 Å². The molecule has 1 aromatic rings. The summed E-state index contributed by atoms with van der Waals surface area (Å²) in [5.41, 5.74) is -0.599. The fourth-order valence-electron chi connectivity index (χ4n) is 1.94. The van der Waals surface area contributed by atoms with Crippen LogP contribution in [0.15, 0.2) is 27.8 Å². The van der Waals surface area contributed by atoms with Gasteiger partial charge in [0.2, 0.25) is 0 Å². The molecule has 0 fully saturated rings. The highest BCUT2D eigenvalue weighted by Crippen LogP contribution is 2.21. The largest absolute Gasteiger partial charge is 0.468 e. The number of carbonyl (C=O) groups is 1. The monoisotopic (exact) mass is 374 g/mol. The second kappa shape index (κ2) is 9.43. The first-order chi connectivity index (χ1) is 10.0. The Balaban J connectivity index is 2.42. The van der Waals surface area contributed by atoms with Gasteiger partial charge in [-0.3, -0.25) is 4.79 Å². The van der Waals surface area contributed by atoms with Gasteiger partial charge in [0, 0.05) is 10.7 Å². The number of nitrogens with zero attached hydrogens (tertiary/aromatic N) is 1. The van der Waals surface area contributed by atoms with Crippen LogP contribution in [0.2, 0.25) is 0 Å². The van der Waals surface area contributed by atoms with Gasteiger partial charge >= 0.3 is 5.97 Å². The van der Waals surface area contributed by atoms with Gasteiger partial charge in [-0.15, -0.1) is 11.8 Å². The molecular formula is C15H23BrN2O2S. The van der Waals surface area contributed by atoms with Crippen molar-refractivity contribution >= 4 is 33.7 Å². The molecule has 0 saturated heterocycles. The quantitative estimate of drug-likeness (QED) is 0.406. The number of carbonyl (C=O) groups excluding carboxylic acids is 1. The smallest absolute Gasteiger partial charge is 0.325 e. The van der Waals surface area contributed by atoms with Gasteiger partial charge in [-0.1, -0.05) is 6.92 Å². The Kier molecular flexibility index (Phi) is 8.29. The van der Waals surface area contributed by atoms with Crippen LogP contribution in [-0.4, -0.2) is 35.9 Å². The molecule has 0 aliphatic rings. The van der Waals surface area contributed by atoms with Gasteiger partial charge in [0.15, 0.2) is 0 Å². The minimum Gasteiger partial charge on any atom is -0.468 e. The number of aromatic nitrogens is 1. The normalized spacial score (nSPS) is 13.7. The van der Waals surface area contributed by atoms with Crippen molar-refractivity contribution in [1.29, 1.82) is 0 Å². The van der Waals surface area contributed by atoms with E-state index >= 15 is 0 Å². The minimum absolute atomic E-state index is 0.192. The van der Waals surface area contributed by atoms with E-state index in [1.165, 1.54) is 7.11 Å². The minimum atomic E-state index is -0.599. The Labute approximate surface area is 139 Å². The van der Waals surface area contributed by atoms with Crippen LogP contribution in [0, 0.1) is 0 Å². The molecule has 21 heavy (non-hydrogen) atoms. The maximum absolute atomic E-state index is 11.9. The van der Waals surface area contributed by atoms with Gasteiger partial charge in [0.1, 0.15) is 5.54 Å². The molecule has 0 aliphatic carbocycles. The summed E-state index contributed by atoms with van der Waals surface area (Å²) in [5.74, 6) is 0.734. The number of halogens is 1. The Bertz CT molecular complexity index is 442. The van der Waals surface area contributed by atoms with Crippen LogP contribution >= 0.6 is 27.7 Å². The molecular weight excluding hydrogens is 352 g/mol. The number of hydrogen-bond donors (Lipinski definition) is 1. The van der Waals surface area contributed by atoms with Gasteiger partial charge < -0.3 is 10.1 Å². The van der Waals surface area contributed by atoms with E-state index in [4.69, 9.17) is 4.74 Å². The first-order valence-corrected chi connectivity index (χ1v) is 8.87. The van der Waals surface area contributed by atoms with Gasteiger partial charge in [0.05, 0.1) is 12.1 Å². The van der Waals surface area contributed by atoms with Crippen LogP contribution in [0.3, 0.4) is 0 Å². The molecule has 6 heteroatoms. The number of methoxy groups -OCH3 is 1. The number of pyridine rings is 1. The molecule has 1 N–H and O–H groups in total. The highest BCUT2D eigenvalue weighted by atomic mass is 79.9. The molecule has 1 rings (SSSR count). The van der Waals surface area contributed by atoms with E-state index in [-0.39, 0.29) is 5.97 Å². The topological polar surface area (TPSA) is 51.2 Å². The van der Waals surface area contributed by atoms with Crippen LogP contribution in [-0.2, 0) is 9.53 Å². The zero-order valence-corrected chi connectivity index (χ0v) is 15.2. The van der Waals surface area contributed by atoms with Crippen molar-refractivity contribution in [3.05, 3.63) is 22.8 Å². The van der Waals surface area contributed by atoms with Crippen LogP contribution in [0.1, 0.15) is 33.1 Å². The highest BCUT2D eigenvalue weighted by molar-refractivity contribution is 9.10. The van der Waals surface area contributed by atoms with Gasteiger partial charge in [-0.25, -0.2) is 4.98 Å². The average Bonchev–Trinajstić information content (AvgIpc) is 2.50. The van der Waals surface area contributed by atoms with Crippen molar-refractivity contribution in [1.82, 2.24) is 10.3 Å². The van der Waals surface area contributed by atoms with Crippen molar-refractivity contribution in [2.24, 2.45) is 0 Å². The van der Waals surface area contributed by atoms with Crippen molar-refractivity contribution in [3.8, 4) is 0 Å². The SMILES string of the molecule is CCCNC(C)(CCCSc1ccc(Br)cn1)C(=O)OC. The van der Waals surface area contributed by atoms with E-state index in [1.54, 1.807) is 18.0 Å². The first-order valence-electron chi connectivity index (χ1n) is 7.09. The van der Waals surface area contributed by atoms with Crippen molar-refractivity contribution < 1.29 is 9.53 Å². The number of ether oxygens (including phenoxy) is 1. The molecule has 0 bridgehead atoms. The standard InChI is InChI=1S/C15H23BrN2O2S/c1-4-9-18-15(2,14(19)20-3)8-5-10-21-13-7-6-12(16)11-17-13/h6-7,11,18H,4-5,8-10H2,1-3H3. The second-order valence-corrected chi connectivity index (χ2v) is 7.05. The summed E-state index contributed by atoms with van der Waals surface area (Å²) in [6, 6.07) is 3.97. The molecule has 0 amide bonds. The number of rotatable bonds is 9. The molecule has 1 heterocycles. The zero-order chi connectivity index (χ0) is 15.7. The Hall–Kier alpha value is -0.590. The summed E-state index contributed by atoms with van der Waals surface area (Å²) in [5, 5.41) is 4.30. The number of thioether (sulfide) groups is 1. The van der Waals surface area contributed by atoms with Crippen LogP contribution < -0.4 is 5.32 Å². The lowest BCUT2D eigenvalue weighted by atomic mass is 9.96. The maximum atomic E-state index is 11.9. The lowest BCUT2D eigenvalue weighted by molar-refractivity contribution is -0.148. The molecule has 1 aromatic heterocycles. The molecule has 0 spiro atoms. The maximum Gasteiger partial charge on any atom is 0.325 e. The first kappa shape index (κ1) is 18.5. The lowest BCUT2D eigenvalue weighted by Gasteiger charge is -2.27. The zero-order valence-electron chi connectivity index (χ0n) is 12.8. The molecule has 1 atom stereocenters. The Morgan fingerprint density at radius 2 is 2.29 bits per heavy atom. The van der Waals surface area contributed by atoms with E-state index < -0.39 is 5.54 Å². The summed E-state index contributed by atoms with van der Waals surface area (Å²) >= 11 is 5.07. The van der Waals surface area contributed by atoms with Crippen molar-refractivity contribution in [2.75, 3.05) is 19.4 Å².